The first kappa shape index (κ1) is 22.9. The van der Waals surface area contributed by atoms with Crippen LogP contribution in [0.5, 0.6) is 0 Å². The number of carbonyl (C=O) groups is 3. The molecular formula is C19H21F3N4O4. The minimum Gasteiger partial charge on any atom is -0.475 e. The van der Waals surface area contributed by atoms with Crippen LogP contribution < -0.4 is 10.6 Å². The number of hydrogen-bond donors (Lipinski definition) is 3. The Bertz CT molecular complexity index is 890. The molecule has 2 amide bonds. The maximum absolute atomic E-state index is 12.0. The highest BCUT2D eigenvalue weighted by Crippen LogP contribution is 2.30. The van der Waals surface area contributed by atoms with E-state index in [0.717, 1.165) is 29.9 Å². The highest BCUT2D eigenvalue weighted by Gasteiger charge is 2.38. The summed E-state index contributed by atoms with van der Waals surface area (Å²) in [7, 11) is 1.89. The maximum atomic E-state index is 12.0. The maximum Gasteiger partial charge on any atom is 0.490 e. The summed E-state index contributed by atoms with van der Waals surface area (Å²) in [5.41, 5.74) is 1.69. The van der Waals surface area contributed by atoms with Gasteiger partial charge in [0.25, 0.3) is 0 Å². The van der Waals surface area contributed by atoms with Gasteiger partial charge in [-0.05, 0) is 30.5 Å². The zero-order valence-electron chi connectivity index (χ0n) is 16.1. The van der Waals surface area contributed by atoms with Crippen LogP contribution in [-0.2, 0) is 34.4 Å². The third kappa shape index (κ3) is 7.57. The van der Waals surface area contributed by atoms with E-state index in [1.54, 1.807) is 6.20 Å². The Morgan fingerprint density at radius 3 is 2.27 bits per heavy atom. The number of imidazole rings is 1. The first-order valence-corrected chi connectivity index (χ1v) is 8.99. The van der Waals surface area contributed by atoms with Gasteiger partial charge in [-0.2, -0.15) is 13.2 Å². The number of hydrogen-bond acceptors (Lipinski definition) is 4. The van der Waals surface area contributed by atoms with Crippen molar-refractivity contribution < 1.29 is 32.7 Å². The van der Waals surface area contributed by atoms with Crippen molar-refractivity contribution in [1.82, 2.24) is 14.9 Å². The second kappa shape index (κ2) is 9.90. The summed E-state index contributed by atoms with van der Waals surface area (Å²) in [6.45, 7) is 0.415. The second-order valence-electron chi connectivity index (χ2n) is 6.67. The summed E-state index contributed by atoms with van der Waals surface area (Å²) in [6, 6.07) is 7.40. The fourth-order valence-corrected chi connectivity index (χ4v) is 2.29. The van der Waals surface area contributed by atoms with Gasteiger partial charge in [-0.15, -0.1) is 0 Å². The molecule has 0 bridgehead atoms. The van der Waals surface area contributed by atoms with Crippen molar-refractivity contribution in [2.75, 3.05) is 5.32 Å². The van der Waals surface area contributed by atoms with Crippen molar-refractivity contribution >= 4 is 23.5 Å². The average molecular weight is 426 g/mol. The van der Waals surface area contributed by atoms with E-state index in [1.807, 2.05) is 42.1 Å². The Morgan fingerprint density at radius 1 is 1.20 bits per heavy atom. The summed E-state index contributed by atoms with van der Waals surface area (Å²) >= 11 is 0. The van der Waals surface area contributed by atoms with Gasteiger partial charge < -0.3 is 20.3 Å². The molecule has 30 heavy (non-hydrogen) atoms. The van der Waals surface area contributed by atoms with Crippen molar-refractivity contribution in [3.63, 3.8) is 0 Å². The molecule has 3 rings (SSSR count). The van der Waals surface area contributed by atoms with Gasteiger partial charge in [0.1, 0.15) is 5.82 Å². The summed E-state index contributed by atoms with van der Waals surface area (Å²) < 4.78 is 33.6. The standard InChI is InChI=1S/C17H20N4O2.C2HF3O2/c1-21-9-8-18-15(21)11-19-16(22)10-12-2-6-14(7-3-12)20-17(23)13-4-5-13;3-2(4,5)1(6)7/h2-3,6-9,13H,4-5,10-11H2,1H3,(H,19,22)(H,20,23);(H,6,7). The molecule has 11 heteroatoms. The highest BCUT2D eigenvalue weighted by atomic mass is 19.4. The number of amides is 2. The largest absolute Gasteiger partial charge is 0.490 e. The molecule has 1 saturated carbocycles. The number of aliphatic carboxylic acids is 1. The molecule has 8 nitrogen and oxygen atoms in total. The van der Waals surface area contributed by atoms with E-state index in [4.69, 9.17) is 9.90 Å². The fraction of sp³-hybridized carbons (Fsp3) is 0.368. The first-order chi connectivity index (χ1) is 14.1. The molecule has 1 heterocycles. The molecule has 162 valence electrons. The summed E-state index contributed by atoms with van der Waals surface area (Å²) in [5.74, 6) is -1.72. The lowest BCUT2D eigenvalue weighted by Gasteiger charge is -2.07. The van der Waals surface area contributed by atoms with Crippen LogP contribution in [0.1, 0.15) is 24.2 Å². The van der Waals surface area contributed by atoms with Crippen molar-refractivity contribution in [3.05, 3.63) is 48.0 Å². The van der Waals surface area contributed by atoms with Crippen LogP contribution in [-0.4, -0.2) is 38.6 Å². The van der Waals surface area contributed by atoms with Crippen LogP contribution in [0.25, 0.3) is 0 Å². The van der Waals surface area contributed by atoms with E-state index in [-0.39, 0.29) is 17.7 Å². The lowest BCUT2D eigenvalue weighted by Crippen LogP contribution is -2.25. The van der Waals surface area contributed by atoms with Crippen molar-refractivity contribution in [2.45, 2.75) is 32.0 Å². The van der Waals surface area contributed by atoms with Gasteiger partial charge in [-0.25, -0.2) is 9.78 Å². The molecule has 0 atom stereocenters. The molecule has 0 spiro atoms. The molecule has 3 N–H and O–H groups in total. The molecule has 1 fully saturated rings. The van der Waals surface area contributed by atoms with Gasteiger partial charge in [-0.3, -0.25) is 9.59 Å². The fourth-order valence-electron chi connectivity index (χ4n) is 2.29. The molecule has 1 aliphatic rings. The van der Waals surface area contributed by atoms with E-state index in [0.29, 0.717) is 13.0 Å². The number of aromatic nitrogens is 2. The molecule has 1 aromatic carbocycles. The number of nitrogens with zero attached hydrogens (tertiary/aromatic N) is 2. The van der Waals surface area contributed by atoms with Crippen LogP contribution in [0.15, 0.2) is 36.7 Å². The van der Waals surface area contributed by atoms with Crippen molar-refractivity contribution in [1.29, 1.82) is 0 Å². The van der Waals surface area contributed by atoms with Crippen LogP contribution in [0, 0.1) is 5.92 Å². The molecular weight excluding hydrogens is 405 g/mol. The monoisotopic (exact) mass is 426 g/mol. The molecule has 1 aliphatic carbocycles. The van der Waals surface area contributed by atoms with Crippen LogP contribution in [0.3, 0.4) is 0 Å². The van der Waals surface area contributed by atoms with E-state index in [1.165, 1.54) is 0 Å². The summed E-state index contributed by atoms with van der Waals surface area (Å²) in [4.78, 5) is 36.7. The van der Waals surface area contributed by atoms with Gasteiger partial charge in [-0.1, -0.05) is 12.1 Å². The lowest BCUT2D eigenvalue weighted by molar-refractivity contribution is -0.192. The number of rotatable bonds is 6. The average Bonchev–Trinajstić information content (AvgIpc) is 3.44. The molecule has 1 aromatic heterocycles. The van der Waals surface area contributed by atoms with Gasteiger partial charge in [0.15, 0.2) is 0 Å². The van der Waals surface area contributed by atoms with Crippen LogP contribution in [0.4, 0.5) is 18.9 Å². The van der Waals surface area contributed by atoms with Crippen LogP contribution >= 0.6 is 0 Å². The third-order valence-corrected chi connectivity index (χ3v) is 4.14. The molecule has 2 aromatic rings. The van der Waals surface area contributed by atoms with E-state index >= 15 is 0 Å². The number of anilines is 1. The Balaban J connectivity index is 0.000000396. The topological polar surface area (TPSA) is 113 Å². The zero-order chi connectivity index (χ0) is 22.3. The number of halogens is 3. The molecule has 0 unspecified atom stereocenters. The third-order valence-electron chi connectivity index (χ3n) is 4.14. The predicted molar refractivity (Wildman–Crippen MR) is 100 cm³/mol. The van der Waals surface area contributed by atoms with E-state index in [2.05, 4.69) is 15.6 Å². The predicted octanol–water partition coefficient (Wildman–Crippen LogP) is 2.26. The van der Waals surface area contributed by atoms with Gasteiger partial charge in [0.2, 0.25) is 11.8 Å². The van der Waals surface area contributed by atoms with E-state index in [9.17, 15) is 22.8 Å². The normalized spacial score (nSPS) is 13.1. The number of carboxylic acid groups (broad SMARTS) is 1. The van der Waals surface area contributed by atoms with Crippen LogP contribution in [0.2, 0.25) is 0 Å². The quantitative estimate of drug-likeness (QED) is 0.656. The number of carboxylic acids is 1. The highest BCUT2D eigenvalue weighted by molar-refractivity contribution is 5.94. The Hall–Kier alpha value is -3.37. The number of benzene rings is 1. The number of nitrogens with one attached hydrogen (secondary N) is 2. The number of alkyl halides is 3. The Morgan fingerprint density at radius 2 is 1.80 bits per heavy atom. The van der Waals surface area contributed by atoms with Gasteiger partial charge >= 0.3 is 12.1 Å². The Kier molecular flexibility index (Phi) is 7.56. The van der Waals surface area contributed by atoms with Gasteiger partial charge in [0.05, 0.1) is 13.0 Å². The summed E-state index contributed by atoms with van der Waals surface area (Å²) in [6.07, 6.45) is 0.744. The SMILES string of the molecule is Cn1ccnc1CNC(=O)Cc1ccc(NC(=O)C2CC2)cc1.O=C(O)C(F)(F)F. The zero-order valence-corrected chi connectivity index (χ0v) is 16.1. The first-order valence-electron chi connectivity index (χ1n) is 8.99. The summed E-state index contributed by atoms with van der Waals surface area (Å²) in [5, 5.41) is 12.9. The second-order valence-corrected chi connectivity index (χ2v) is 6.67. The van der Waals surface area contributed by atoms with Gasteiger partial charge in [0, 0.05) is 31.0 Å². The minimum atomic E-state index is -5.08. The van der Waals surface area contributed by atoms with Crippen molar-refractivity contribution in [2.24, 2.45) is 13.0 Å². The molecule has 0 radical (unpaired) electrons. The minimum absolute atomic E-state index is 0.0530. The van der Waals surface area contributed by atoms with Crippen molar-refractivity contribution in [3.8, 4) is 0 Å². The Labute approximate surface area is 170 Å². The molecule has 0 saturated heterocycles. The smallest absolute Gasteiger partial charge is 0.475 e. The number of carbonyl (C=O) groups excluding carboxylic acids is 2. The molecule has 0 aliphatic heterocycles. The number of aryl methyl sites for hydroxylation is 1. The van der Waals surface area contributed by atoms with E-state index < -0.39 is 12.1 Å². The lowest BCUT2D eigenvalue weighted by atomic mass is 10.1.